The Hall–Kier alpha value is -4.12. The van der Waals surface area contributed by atoms with Gasteiger partial charge in [0.1, 0.15) is 16.5 Å². The van der Waals surface area contributed by atoms with Gasteiger partial charge in [-0.1, -0.05) is 29.5 Å². The largest absolute Gasteiger partial charge is 0.497 e. The van der Waals surface area contributed by atoms with Crippen molar-refractivity contribution in [2.75, 3.05) is 31.8 Å². The van der Waals surface area contributed by atoms with Gasteiger partial charge in [-0.3, -0.25) is 9.59 Å². The Morgan fingerprint density at radius 3 is 2.56 bits per heavy atom. The summed E-state index contributed by atoms with van der Waals surface area (Å²) in [6, 6.07) is 16.2. The molecule has 4 rings (SSSR count). The van der Waals surface area contributed by atoms with Crippen molar-refractivity contribution in [3.63, 3.8) is 0 Å². The lowest BCUT2D eigenvalue weighted by molar-refractivity contribution is -0.113. The molecule has 0 aliphatic rings. The number of methoxy groups -OCH3 is 2. The molecule has 2 amide bonds. The first-order chi connectivity index (χ1) is 17.5. The van der Waals surface area contributed by atoms with Crippen molar-refractivity contribution in [2.45, 2.75) is 18.4 Å². The quantitative estimate of drug-likeness (QED) is 0.315. The predicted octanol–water partition coefficient (Wildman–Crippen LogP) is 3.15. The number of carbonyl (C=O) groups is 2. The van der Waals surface area contributed by atoms with Gasteiger partial charge < -0.3 is 20.1 Å². The van der Waals surface area contributed by atoms with Gasteiger partial charge >= 0.3 is 0 Å². The zero-order valence-corrected chi connectivity index (χ0v) is 21.0. The van der Waals surface area contributed by atoms with Gasteiger partial charge in [0.15, 0.2) is 11.5 Å². The standard InChI is InChI=1S/C25H26N6O4S/c1-16-4-6-17(7-5-16)25(33)26-13-12-22-29-28-21-10-11-24(30-31(21)22)36-15-23(32)27-19-14-18(34-2)8-9-20(19)35-3/h4-11,14H,12-13,15H2,1-3H3,(H,26,33)(H,27,32). The van der Waals surface area contributed by atoms with E-state index in [4.69, 9.17) is 9.47 Å². The van der Waals surface area contributed by atoms with Gasteiger partial charge in [-0.2, -0.15) is 9.61 Å². The first-order valence-corrected chi connectivity index (χ1v) is 12.2. The summed E-state index contributed by atoms with van der Waals surface area (Å²) in [4.78, 5) is 24.9. The molecule has 2 aromatic heterocycles. The van der Waals surface area contributed by atoms with E-state index >= 15 is 0 Å². The molecule has 0 unspecified atom stereocenters. The molecule has 4 aromatic rings. The van der Waals surface area contributed by atoms with Crippen molar-refractivity contribution in [1.82, 2.24) is 25.1 Å². The highest BCUT2D eigenvalue weighted by molar-refractivity contribution is 7.99. The highest BCUT2D eigenvalue weighted by Gasteiger charge is 2.13. The van der Waals surface area contributed by atoms with Crippen LogP contribution in [-0.2, 0) is 11.2 Å². The van der Waals surface area contributed by atoms with Crippen LogP contribution in [0.15, 0.2) is 59.6 Å². The summed E-state index contributed by atoms with van der Waals surface area (Å²) in [6.07, 6.45) is 0.454. The first-order valence-electron chi connectivity index (χ1n) is 11.2. The van der Waals surface area contributed by atoms with Gasteiger partial charge in [-0.05, 0) is 43.3 Å². The second-order valence-corrected chi connectivity index (χ2v) is 8.83. The number of amides is 2. The minimum absolute atomic E-state index is 0.142. The van der Waals surface area contributed by atoms with Crippen LogP contribution in [0.25, 0.3) is 5.65 Å². The van der Waals surface area contributed by atoms with E-state index in [1.54, 1.807) is 54.1 Å². The van der Waals surface area contributed by atoms with Crippen molar-refractivity contribution in [3.05, 3.63) is 71.5 Å². The number of nitrogens with one attached hydrogen (secondary N) is 2. The van der Waals surface area contributed by atoms with Crippen molar-refractivity contribution in [3.8, 4) is 11.5 Å². The number of benzene rings is 2. The van der Waals surface area contributed by atoms with Crippen LogP contribution in [0.1, 0.15) is 21.7 Å². The van der Waals surface area contributed by atoms with Crippen LogP contribution < -0.4 is 20.1 Å². The zero-order chi connectivity index (χ0) is 25.5. The van der Waals surface area contributed by atoms with Crippen LogP contribution in [-0.4, -0.2) is 58.1 Å². The molecule has 2 heterocycles. The maximum atomic E-state index is 12.5. The predicted molar refractivity (Wildman–Crippen MR) is 137 cm³/mol. The molecular formula is C25H26N6O4S. The van der Waals surface area contributed by atoms with Crippen molar-refractivity contribution in [2.24, 2.45) is 0 Å². The summed E-state index contributed by atoms with van der Waals surface area (Å²) in [6.45, 7) is 2.36. The Kier molecular flexibility index (Phi) is 8.01. The molecule has 0 aliphatic heterocycles. The number of carbonyl (C=O) groups excluding carboxylic acids is 2. The fourth-order valence-electron chi connectivity index (χ4n) is 3.38. The molecule has 0 fully saturated rings. The van der Waals surface area contributed by atoms with E-state index in [1.807, 2.05) is 19.1 Å². The van der Waals surface area contributed by atoms with Crippen LogP contribution in [0, 0.1) is 6.92 Å². The van der Waals surface area contributed by atoms with Crippen molar-refractivity contribution < 1.29 is 19.1 Å². The third kappa shape index (κ3) is 6.11. The van der Waals surface area contributed by atoms with E-state index in [1.165, 1.54) is 18.9 Å². The van der Waals surface area contributed by atoms with Gasteiger partial charge in [0, 0.05) is 24.6 Å². The van der Waals surface area contributed by atoms with Gasteiger partial charge in [-0.15, -0.1) is 10.2 Å². The maximum absolute atomic E-state index is 12.5. The normalized spacial score (nSPS) is 10.8. The van der Waals surface area contributed by atoms with E-state index < -0.39 is 0 Å². The second-order valence-electron chi connectivity index (χ2n) is 7.83. The summed E-state index contributed by atoms with van der Waals surface area (Å²) >= 11 is 1.28. The molecule has 0 spiro atoms. The lowest BCUT2D eigenvalue weighted by Gasteiger charge is -2.11. The topological polar surface area (TPSA) is 120 Å². The van der Waals surface area contributed by atoms with Crippen LogP contribution in [0.2, 0.25) is 0 Å². The van der Waals surface area contributed by atoms with E-state index in [-0.39, 0.29) is 17.6 Å². The van der Waals surface area contributed by atoms with Crippen molar-refractivity contribution >= 4 is 34.9 Å². The third-order valence-electron chi connectivity index (χ3n) is 5.28. The fraction of sp³-hybridized carbons (Fsp3) is 0.240. The number of hydrogen-bond donors (Lipinski definition) is 2. The number of aryl methyl sites for hydroxylation is 1. The average molecular weight is 507 g/mol. The highest BCUT2D eigenvalue weighted by Crippen LogP contribution is 2.29. The lowest BCUT2D eigenvalue weighted by atomic mass is 10.1. The molecular weight excluding hydrogens is 480 g/mol. The molecule has 0 bridgehead atoms. The van der Waals surface area contributed by atoms with E-state index in [0.717, 1.165) is 5.56 Å². The van der Waals surface area contributed by atoms with E-state index in [9.17, 15) is 9.59 Å². The second kappa shape index (κ2) is 11.5. The number of nitrogens with zero attached hydrogens (tertiary/aromatic N) is 4. The molecule has 0 radical (unpaired) electrons. The molecule has 186 valence electrons. The summed E-state index contributed by atoms with van der Waals surface area (Å²) < 4.78 is 12.2. The number of hydrogen-bond acceptors (Lipinski definition) is 8. The minimum atomic E-state index is -0.212. The summed E-state index contributed by atoms with van der Waals surface area (Å²) in [5.41, 5.74) is 2.82. The Balaban J connectivity index is 1.35. The summed E-state index contributed by atoms with van der Waals surface area (Å²) in [5, 5.41) is 19.3. The first kappa shape index (κ1) is 25.0. The van der Waals surface area contributed by atoms with Gasteiger partial charge in [0.25, 0.3) is 5.91 Å². The number of aromatic nitrogens is 4. The molecule has 2 N–H and O–H groups in total. The highest BCUT2D eigenvalue weighted by atomic mass is 32.2. The minimum Gasteiger partial charge on any atom is -0.497 e. The molecule has 36 heavy (non-hydrogen) atoms. The molecule has 0 aliphatic carbocycles. The Labute approximate surface area is 212 Å². The molecule has 10 nitrogen and oxygen atoms in total. The monoisotopic (exact) mass is 506 g/mol. The smallest absolute Gasteiger partial charge is 0.251 e. The number of rotatable bonds is 10. The average Bonchev–Trinajstić information content (AvgIpc) is 3.30. The Morgan fingerprint density at radius 1 is 1.00 bits per heavy atom. The summed E-state index contributed by atoms with van der Waals surface area (Å²) in [5.74, 6) is 1.55. The van der Waals surface area contributed by atoms with Gasteiger partial charge in [-0.25, -0.2) is 0 Å². The molecule has 0 saturated heterocycles. The maximum Gasteiger partial charge on any atom is 0.251 e. The lowest BCUT2D eigenvalue weighted by Crippen LogP contribution is -2.26. The van der Waals surface area contributed by atoms with Crippen LogP contribution in [0.4, 0.5) is 5.69 Å². The van der Waals surface area contributed by atoms with Crippen LogP contribution in [0.3, 0.4) is 0 Å². The Morgan fingerprint density at radius 2 is 1.81 bits per heavy atom. The van der Waals surface area contributed by atoms with Crippen LogP contribution in [0.5, 0.6) is 11.5 Å². The number of anilines is 1. The number of thioether (sulfide) groups is 1. The molecule has 0 atom stereocenters. The van der Waals surface area contributed by atoms with Gasteiger partial charge in [0.2, 0.25) is 5.91 Å². The molecule has 0 saturated carbocycles. The van der Waals surface area contributed by atoms with E-state index in [2.05, 4.69) is 25.9 Å². The molecule has 11 heteroatoms. The van der Waals surface area contributed by atoms with Crippen LogP contribution >= 0.6 is 11.8 Å². The molecule has 2 aromatic carbocycles. The third-order valence-corrected chi connectivity index (χ3v) is 6.20. The van der Waals surface area contributed by atoms with E-state index in [0.29, 0.717) is 52.2 Å². The number of fused-ring (bicyclic) bond motifs is 1. The van der Waals surface area contributed by atoms with Crippen molar-refractivity contribution in [1.29, 1.82) is 0 Å². The zero-order valence-electron chi connectivity index (χ0n) is 20.1. The fourth-order valence-corrected chi connectivity index (χ4v) is 4.04. The number of ether oxygens (including phenoxy) is 2. The summed E-state index contributed by atoms with van der Waals surface area (Å²) in [7, 11) is 3.10. The Bertz CT molecular complexity index is 1370. The SMILES string of the molecule is COc1ccc(OC)c(NC(=O)CSc2ccc3nnc(CCNC(=O)c4ccc(C)cc4)n3n2)c1. The van der Waals surface area contributed by atoms with Gasteiger partial charge in [0.05, 0.1) is 25.7 Å².